The van der Waals surface area contributed by atoms with E-state index >= 15 is 0 Å². The summed E-state index contributed by atoms with van der Waals surface area (Å²) >= 11 is 0. The Morgan fingerprint density at radius 2 is 1.95 bits per heavy atom. The molecule has 0 unspecified atom stereocenters. The molecule has 0 amide bonds. The molecule has 0 saturated carbocycles. The summed E-state index contributed by atoms with van der Waals surface area (Å²) in [6, 6.07) is 0. The Balaban J connectivity index is 2.76. The van der Waals surface area contributed by atoms with Gasteiger partial charge in [0.2, 0.25) is 0 Å². The zero-order valence-electron chi connectivity index (χ0n) is 13.6. The van der Waals surface area contributed by atoms with E-state index in [1.54, 1.807) is 13.0 Å². The number of hydrogen-bond donors (Lipinski definition) is 0. The predicted molar refractivity (Wildman–Crippen MR) is 82.0 cm³/mol. The largest absolute Gasteiger partial charge is 0.461 e. The van der Waals surface area contributed by atoms with Gasteiger partial charge in [-0.05, 0) is 31.1 Å². The van der Waals surface area contributed by atoms with Crippen molar-refractivity contribution >= 4 is 18.2 Å². The molecule has 120 valence electrons. The van der Waals surface area contributed by atoms with Gasteiger partial charge in [0.05, 0.1) is 0 Å². The molecule has 1 rings (SSSR count). The Hall–Kier alpha value is -2.17. The van der Waals surface area contributed by atoms with Crippen LogP contribution in [0.2, 0.25) is 0 Å². The highest BCUT2D eigenvalue weighted by atomic mass is 16.5. The van der Waals surface area contributed by atoms with Crippen molar-refractivity contribution in [2.24, 2.45) is 5.41 Å². The van der Waals surface area contributed by atoms with Gasteiger partial charge >= 0.3 is 11.9 Å². The minimum Gasteiger partial charge on any atom is -0.461 e. The number of aldehydes is 1. The van der Waals surface area contributed by atoms with Crippen LogP contribution in [-0.2, 0) is 23.9 Å². The lowest BCUT2D eigenvalue weighted by atomic mass is 9.78. The Bertz CT molecular complexity index is 564. The van der Waals surface area contributed by atoms with Gasteiger partial charge in [0.25, 0.3) is 0 Å². The molecule has 0 bridgehead atoms. The Morgan fingerprint density at radius 3 is 2.50 bits per heavy atom. The molecule has 22 heavy (non-hydrogen) atoms. The number of ether oxygens (including phenoxy) is 2. The molecule has 0 radical (unpaired) electrons. The van der Waals surface area contributed by atoms with Crippen molar-refractivity contribution in [2.45, 2.75) is 40.7 Å². The molecule has 1 aliphatic rings. The van der Waals surface area contributed by atoms with Crippen LogP contribution in [0, 0.1) is 5.41 Å². The van der Waals surface area contributed by atoms with Gasteiger partial charge in [-0.15, -0.1) is 0 Å². The first kappa shape index (κ1) is 17.9. The van der Waals surface area contributed by atoms with Crippen LogP contribution in [0.1, 0.15) is 34.6 Å². The third kappa shape index (κ3) is 4.98. The second kappa shape index (κ2) is 7.20. The average molecular weight is 306 g/mol. The third-order valence-corrected chi connectivity index (χ3v) is 3.35. The van der Waals surface area contributed by atoms with E-state index in [1.807, 2.05) is 26.8 Å². The standard InChI is InChI=1S/C17H22O5/c1-11(10-21-13(3)19)6-16(20)22-15-7-14(9-18)17(4,5)8-12(15)2/h6-9,15H,10H2,1-5H3/t15-/m1/s1. The summed E-state index contributed by atoms with van der Waals surface area (Å²) in [7, 11) is 0. The van der Waals surface area contributed by atoms with Gasteiger partial charge in [-0.25, -0.2) is 4.79 Å². The van der Waals surface area contributed by atoms with E-state index in [-0.39, 0.29) is 12.0 Å². The van der Waals surface area contributed by atoms with Crippen LogP contribution in [-0.4, -0.2) is 30.9 Å². The molecule has 0 spiro atoms. The fourth-order valence-corrected chi connectivity index (χ4v) is 2.18. The molecule has 0 heterocycles. The van der Waals surface area contributed by atoms with Crippen molar-refractivity contribution in [2.75, 3.05) is 6.61 Å². The first-order chi connectivity index (χ1) is 10.2. The van der Waals surface area contributed by atoms with Crippen molar-refractivity contribution in [1.82, 2.24) is 0 Å². The van der Waals surface area contributed by atoms with Crippen molar-refractivity contribution in [3.8, 4) is 0 Å². The first-order valence-electron chi connectivity index (χ1n) is 7.03. The normalized spacial score (nSPS) is 20.6. The van der Waals surface area contributed by atoms with E-state index in [0.29, 0.717) is 11.1 Å². The summed E-state index contributed by atoms with van der Waals surface area (Å²) in [5.41, 5.74) is 1.67. The van der Waals surface area contributed by atoms with E-state index in [2.05, 4.69) is 0 Å². The molecule has 0 aromatic carbocycles. The maximum Gasteiger partial charge on any atom is 0.331 e. The molecule has 5 nitrogen and oxygen atoms in total. The molecule has 1 atom stereocenters. The molecule has 1 aliphatic carbocycles. The molecule has 0 fully saturated rings. The van der Waals surface area contributed by atoms with Crippen LogP contribution in [0.5, 0.6) is 0 Å². The summed E-state index contributed by atoms with van der Waals surface area (Å²) < 4.78 is 10.1. The fraction of sp³-hybridized carbons (Fsp3) is 0.471. The Morgan fingerprint density at radius 1 is 1.32 bits per heavy atom. The Kier molecular flexibility index (Phi) is 5.85. The highest BCUT2D eigenvalue weighted by molar-refractivity contribution is 5.84. The van der Waals surface area contributed by atoms with Gasteiger partial charge in [0.1, 0.15) is 19.0 Å². The van der Waals surface area contributed by atoms with Gasteiger partial charge in [0.15, 0.2) is 0 Å². The van der Waals surface area contributed by atoms with E-state index in [9.17, 15) is 14.4 Å². The molecule has 0 aromatic heterocycles. The quantitative estimate of drug-likeness (QED) is 0.338. The highest BCUT2D eigenvalue weighted by Crippen LogP contribution is 2.34. The molecule has 0 saturated heterocycles. The monoisotopic (exact) mass is 306 g/mol. The van der Waals surface area contributed by atoms with E-state index in [0.717, 1.165) is 11.9 Å². The van der Waals surface area contributed by atoms with E-state index in [4.69, 9.17) is 9.47 Å². The number of esters is 2. The van der Waals surface area contributed by atoms with Crippen molar-refractivity contribution < 1.29 is 23.9 Å². The third-order valence-electron chi connectivity index (χ3n) is 3.35. The molecule has 0 aliphatic heterocycles. The second-order valence-corrected chi connectivity index (χ2v) is 5.98. The summed E-state index contributed by atoms with van der Waals surface area (Å²) in [5, 5.41) is 0. The van der Waals surface area contributed by atoms with Crippen LogP contribution in [0.4, 0.5) is 0 Å². The fourth-order valence-electron chi connectivity index (χ4n) is 2.18. The molecular weight excluding hydrogens is 284 g/mol. The van der Waals surface area contributed by atoms with Gasteiger partial charge in [-0.3, -0.25) is 9.59 Å². The van der Waals surface area contributed by atoms with Crippen LogP contribution in [0.15, 0.2) is 34.9 Å². The lowest BCUT2D eigenvalue weighted by molar-refractivity contribution is -0.141. The van der Waals surface area contributed by atoms with Gasteiger partial charge in [0, 0.05) is 24.0 Å². The van der Waals surface area contributed by atoms with Gasteiger partial charge in [-0.2, -0.15) is 0 Å². The zero-order chi connectivity index (χ0) is 16.9. The van der Waals surface area contributed by atoms with Crippen molar-refractivity contribution in [3.63, 3.8) is 0 Å². The molecule has 0 aromatic rings. The summed E-state index contributed by atoms with van der Waals surface area (Å²) in [6.07, 6.45) is 5.09. The molecule has 0 N–H and O–H groups in total. The minimum atomic E-state index is -0.557. The van der Waals surface area contributed by atoms with Crippen molar-refractivity contribution in [3.05, 3.63) is 34.9 Å². The van der Waals surface area contributed by atoms with Crippen LogP contribution in [0.3, 0.4) is 0 Å². The summed E-state index contributed by atoms with van der Waals surface area (Å²) in [4.78, 5) is 33.7. The van der Waals surface area contributed by atoms with E-state index < -0.39 is 18.0 Å². The van der Waals surface area contributed by atoms with Crippen LogP contribution in [0.25, 0.3) is 0 Å². The number of carbonyl (C=O) groups is 3. The van der Waals surface area contributed by atoms with Crippen molar-refractivity contribution in [1.29, 1.82) is 0 Å². The predicted octanol–water partition coefficient (Wildman–Crippen LogP) is 2.52. The maximum atomic E-state index is 11.9. The first-order valence-corrected chi connectivity index (χ1v) is 7.03. The average Bonchev–Trinajstić information content (AvgIpc) is 2.38. The number of allylic oxidation sites excluding steroid dienone is 2. The lowest BCUT2D eigenvalue weighted by Crippen LogP contribution is -2.26. The summed E-state index contributed by atoms with van der Waals surface area (Å²) in [5.74, 6) is -0.948. The molecule has 5 heteroatoms. The van der Waals surface area contributed by atoms with Gasteiger partial charge < -0.3 is 9.47 Å². The number of rotatable bonds is 5. The molecular formula is C17H22O5. The topological polar surface area (TPSA) is 69.7 Å². The van der Waals surface area contributed by atoms with Gasteiger partial charge in [-0.1, -0.05) is 19.9 Å². The summed E-state index contributed by atoms with van der Waals surface area (Å²) in [6.45, 7) is 8.73. The SMILES string of the molecule is CC(=O)OCC(C)=CC(=O)O[C@@H]1C=C(C=O)C(C)(C)C=C1C. The van der Waals surface area contributed by atoms with Crippen LogP contribution >= 0.6 is 0 Å². The highest BCUT2D eigenvalue weighted by Gasteiger charge is 2.29. The lowest BCUT2D eigenvalue weighted by Gasteiger charge is -2.29. The number of carbonyl (C=O) groups excluding carboxylic acids is 3. The van der Waals surface area contributed by atoms with Crippen LogP contribution < -0.4 is 0 Å². The van der Waals surface area contributed by atoms with E-state index in [1.165, 1.54) is 13.0 Å². The minimum absolute atomic E-state index is 0.0480. The zero-order valence-corrected chi connectivity index (χ0v) is 13.6. The second-order valence-electron chi connectivity index (χ2n) is 5.98. The Labute approximate surface area is 130 Å². The number of hydrogen-bond acceptors (Lipinski definition) is 5. The smallest absolute Gasteiger partial charge is 0.331 e. The maximum absolute atomic E-state index is 11.9.